The van der Waals surface area contributed by atoms with Crippen LogP contribution in [-0.4, -0.2) is 24.1 Å². The van der Waals surface area contributed by atoms with Crippen molar-refractivity contribution in [2.24, 2.45) is 11.5 Å². The number of nitrogens with two attached hydrogens (primary N) is 2. The fourth-order valence-electron chi connectivity index (χ4n) is 1.82. The second kappa shape index (κ2) is 5.91. The first-order valence-electron chi connectivity index (χ1n) is 6.60. The third kappa shape index (κ3) is 4.09. The van der Waals surface area contributed by atoms with Crippen LogP contribution in [0.2, 0.25) is 5.02 Å². The summed E-state index contributed by atoms with van der Waals surface area (Å²) < 4.78 is 5.08. The zero-order valence-electron chi connectivity index (χ0n) is 11.7. The largest absolute Gasteiger partial charge is 0.448 e. The molecule has 2 rings (SSSR count). The number of amides is 2. The molecular formula is C14H18ClN3O3. The zero-order chi connectivity index (χ0) is 15.6. The van der Waals surface area contributed by atoms with E-state index in [1.807, 2.05) is 6.92 Å². The molecule has 1 aliphatic carbocycles. The molecule has 0 heterocycles. The summed E-state index contributed by atoms with van der Waals surface area (Å²) in [6.07, 6.45) is 1.41. The van der Waals surface area contributed by atoms with Crippen LogP contribution in [0.3, 0.4) is 0 Å². The van der Waals surface area contributed by atoms with E-state index < -0.39 is 18.0 Å². The maximum absolute atomic E-state index is 11.6. The summed E-state index contributed by atoms with van der Waals surface area (Å²) in [6.45, 7) is 1.95. The van der Waals surface area contributed by atoms with Gasteiger partial charge in [0, 0.05) is 5.54 Å². The van der Waals surface area contributed by atoms with Gasteiger partial charge in [-0.1, -0.05) is 17.7 Å². The summed E-state index contributed by atoms with van der Waals surface area (Å²) in [5.74, 6) is -0.630. The average molecular weight is 312 g/mol. The van der Waals surface area contributed by atoms with E-state index in [-0.39, 0.29) is 22.7 Å². The van der Waals surface area contributed by atoms with Gasteiger partial charge < -0.3 is 21.5 Å². The smallest absolute Gasteiger partial charge is 0.407 e. The summed E-state index contributed by atoms with van der Waals surface area (Å²) >= 11 is 5.87. The topological polar surface area (TPSA) is 107 Å². The maximum atomic E-state index is 11.6. The van der Waals surface area contributed by atoms with E-state index in [1.54, 1.807) is 12.1 Å². The van der Waals surface area contributed by atoms with Gasteiger partial charge in [0.1, 0.15) is 6.61 Å². The van der Waals surface area contributed by atoms with Crippen molar-refractivity contribution in [2.45, 2.75) is 31.3 Å². The summed E-state index contributed by atoms with van der Waals surface area (Å²) in [7, 11) is 0. The highest BCUT2D eigenvalue weighted by Crippen LogP contribution is 2.34. The van der Waals surface area contributed by atoms with Crippen LogP contribution >= 0.6 is 11.6 Å². The van der Waals surface area contributed by atoms with E-state index in [4.69, 9.17) is 27.8 Å². The number of carbonyl (C=O) groups excluding carboxylic acids is 2. The Kier molecular flexibility index (Phi) is 4.39. The van der Waals surface area contributed by atoms with Crippen molar-refractivity contribution in [1.29, 1.82) is 0 Å². The normalized spacial score (nSPS) is 16.9. The minimum Gasteiger partial charge on any atom is -0.448 e. The Hall–Kier alpha value is -1.79. The van der Waals surface area contributed by atoms with Crippen LogP contribution in [0, 0.1) is 0 Å². The summed E-state index contributed by atoms with van der Waals surface area (Å²) in [4.78, 5) is 22.8. The first kappa shape index (κ1) is 15.6. The van der Waals surface area contributed by atoms with E-state index in [0.717, 1.165) is 12.8 Å². The predicted octanol–water partition coefficient (Wildman–Crippen LogP) is 1.72. The van der Waals surface area contributed by atoms with Gasteiger partial charge in [-0.25, -0.2) is 4.79 Å². The zero-order valence-corrected chi connectivity index (χ0v) is 12.4. The van der Waals surface area contributed by atoms with E-state index in [1.165, 1.54) is 6.07 Å². The van der Waals surface area contributed by atoms with Crippen molar-refractivity contribution >= 4 is 23.6 Å². The number of primary amides is 1. The molecule has 0 saturated heterocycles. The van der Waals surface area contributed by atoms with E-state index in [2.05, 4.69) is 5.32 Å². The molecule has 6 nitrogen and oxygen atoms in total. The van der Waals surface area contributed by atoms with Gasteiger partial charge >= 0.3 is 6.09 Å². The number of hydrogen-bond donors (Lipinski definition) is 3. The number of benzene rings is 1. The SMILES string of the molecule is CC1(NC(=O)OCC(N)c2ccc(Cl)c(C(N)=O)c2)CC1. The van der Waals surface area contributed by atoms with Crippen LogP contribution < -0.4 is 16.8 Å². The highest BCUT2D eigenvalue weighted by atomic mass is 35.5. The Labute approximate surface area is 127 Å². The Morgan fingerprint density at radius 1 is 1.48 bits per heavy atom. The van der Waals surface area contributed by atoms with Gasteiger partial charge in [-0.2, -0.15) is 0 Å². The molecule has 1 atom stereocenters. The van der Waals surface area contributed by atoms with Crippen molar-refractivity contribution in [3.8, 4) is 0 Å². The van der Waals surface area contributed by atoms with Crippen molar-refractivity contribution in [1.82, 2.24) is 5.32 Å². The van der Waals surface area contributed by atoms with Crippen LogP contribution in [-0.2, 0) is 4.74 Å². The van der Waals surface area contributed by atoms with E-state index >= 15 is 0 Å². The lowest BCUT2D eigenvalue weighted by Gasteiger charge is -2.16. The molecule has 0 bridgehead atoms. The molecule has 5 N–H and O–H groups in total. The Balaban J connectivity index is 1.93. The standard InChI is InChI=1S/C14H18ClN3O3/c1-14(4-5-14)18-13(20)21-7-11(16)8-2-3-10(15)9(6-8)12(17)19/h2-3,6,11H,4-5,7,16H2,1H3,(H2,17,19)(H,18,20). The molecule has 7 heteroatoms. The molecule has 0 radical (unpaired) electrons. The van der Waals surface area contributed by atoms with Gasteiger partial charge in [0.2, 0.25) is 5.91 Å². The monoisotopic (exact) mass is 311 g/mol. The molecule has 1 aliphatic rings. The van der Waals surface area contributed by atoms with Crippen molar-refractivity contribution in [2.75, 3.05) is 6.61 Å². The molecule has 1 aromatic rings. The molecule has 1 fully saturated rings. The highest BCUT2D eigenvalue weighted by molar-refractivity contribution is 6.33. The number of halogens is 1. The molecule has 0 aromatic heterocycles. The molecule has 21 heavy (non-hydrogen) atoms. The number of hydrogen-bond acceptors (Lipinski definition) is 4. The van der Waals surface area contributed by atoms with Crippen LogP contribution in [0.25, 0.3) is 0 Å². The Bertz CT molecular complexity index is 573. The Morgan fingerprint density at radius 2 is 2.14 bits per heavy atom. The summed E-state index contributed by atoms with van der Waals surface area (Å²) in [5, 5.41) is 3.03. The van der Waals surface area contributed by atoms with Gasteiger partial charge in [-0.15, -0.1) is 0 Å². The fraction of sp³-hybridized carbons (Fsp3) is 0.429. The number of ether oxygens (including phenoxy) is 1. The molecular weight excluding hydrogens is 294 g/mol. The van der Waals surface area contributed by atoms with Crippen LogP contribution in [0.5, 0.6) is 0 Å². The van der Waals surface area contributed by atoms with Crippen molar-refractivity contribution in [3.63, 3.8) is 0 Å². The van der Waals surface area contributed by atoms with Crippen molar-refractivity contribution in [3.05, 3.63) is 34.3 Å². The van der Waals surface area contributed by atoms with Gasteiger partial charge in [0.05, 0.1) is 16.6 Å². The van der Waals surface area contributed by atoms with E-state index in [9.17, 15) is 9.59 Å². The lowest BCUT2D eigenvalue weighted by atomic mass is 10.0. The highest BCUT2D eigenvalue weighted by Gasteiger charge is 2.39. The molecule has 0 aliphatic heterocycles. The summed E-state index contributed by atoms with van der Waals surface area (Å²) in [6, 6.07) is 4.17. The van der Waals surface area contributed by atoms with Crippen LogP contribution in [0.15, 0.2) is 18.2 Å². The predicted molar refractivity (Wildman–Crippen MR) is 79.0 cm³/mol. The van der Waals surface area contributed by atoms with Gasteiger partial charge in [-0.3, -0.25) is 4.79 Å². The second-order valence-corrected chi connectivity index (χ2v) is 5.90. The van der Waals surface area contributed by atoms with Crippen LogP contribution in [0.1, 0.15) is 41.7 Å². The maximum Gasteiger partial charge on any atom is 0.407 e. The average Bonchev–Trinajstić information content (AvgIpc) is 3.13. The minimum atomic E-state index is -0.630. The number of nitrogens with one attached hydrogen (secondary N) is 1. The molecule has 2 amide bonds. The third-order valence-corrected chi connectivity index (χ3v) is 3.81. The first-order valence-corrected chi connectivity index (χ1v) is 6.98. The quantitative estimate of drug-likeness (QED) is 0.769. The van der Waals surface area contributed by atoms with E-state index in [0.29, 0.717) is 5.56 Å². The van der Waals surface area contributed by atoms with Gasteiger partial charge in [0.25, 0.3) is 0 Å². The fourth-order valence-corrected chi connectivity index (χ4v) is 2.03. The lowest BCUT2D eigenvalue weighted by Crippen LogP contribution is -2.36. The molecule has 1 unspecified atom stereocenters. The number of alkyl carbamates (subject to hydrolysis) is 1. The van der Waals surface area contributed by atoms with Crippen LogP contribution in [0.4, 0.5) is 4.79 Å². The molecule has 114 valence electrons. The molecule has 0 spiro atoms. The van der Waals surface area contributed by atoms with Gasteiger partial charge in [-0.05, 0) is 37.5 Å². The minimum absolute atomic E-state index is 0.00173. The molecule has 1 aromatic carbocycles. The number of carbonyl (C=O) groups is 2. The summed E-state index contributed by atoms with van der Waals surface area (Å²) in [5.41, 5.74) is 11.8. The van der Waals surface area contributed by atoms with Crippen molar-refractivity contribution < 1.29 is 14.3 Å². The second-order valence-electron chi connectivity index (χ2n) is 5.49. The number of rotatable bonds is 5. The Morgan fingerprint density at radius 3 is 2.71 bits per heavy atom. The van der Waals surface area contributed by atoms with Gasteiger partial charge in [0.15, 0.2) is 0 Å². The first-order chi connectivity index (χ1) is 9.81. The molecule has 1 saturated carbocycles. The lowest BCUT2D eigenvalue weighted by molar-refractivity contribution is 0.0999. The third-order valence-electron chi connectivity index (χ3n) is 3.48.